The van der Waals surface area contributed by atoms with Crippen molar-refractivity contribution in [2.24, 2.45) is 0 Å². The first-order valence-corrected chi connectivity index (χ1v) is 7.51. The third kappa shape index (κ3) is 2.18. The summed E-state index contributed by atoms with van der Waals surface area (Å²) in [5.41, 5.74) is 0.901. The second-order valence-electron chi connectivity index (χ2n) is 5.35. The molecule has 1 saturated heterocycles. The van der Waals surface area contributed by atoms with Crippen molar-refractivity contribution in [2.45, 2.75) is 19.6 Å². The zero-order valence-corrected chi connectivity index (χ0v) is 12.4. The van der Waals surface area contributed by atoms with Gasteiger partial charge in [0, 0.05) is 18.5 Å². The van der Waals surface area contributed by atoms with Gasteiger partial charge in [0.1, 0.15) is 24.0 Å². The Balaban J connectivity index is 1.85. The summed E-state index contributed by atoms with van der Waals surface area (Å²) < 4.78 is 18.6. The van der Waals surface area contributed by atoms with E-state index in [0.717, 1.165) is 30.9 Å². The highest BCUT2D eigenvalue weighted by atomic mass is 16.6. The van der Waals surface area contributed by atoms with Crippen LogP contribution in [0.25, 0.3) is 10.9 Å². The van der Waals surface area contributed by atoms with Gasteiger partial charge in [-0.2, -0.15) is 0 Å². The lowest BCUT2D eigenvalue weighted by Gasteiger charge is -2.15. The number of hydrogen-bond acceptors (Lipinski definition) is 6. The summed E-state index contributed by atoms with van der Waals surface area (Å²) in [6.45, 7) is 5.28. The molecule has 7 heteroatoms. The lowest BCUT2D eigenvalue weighted by Crippen LogP contribution is -2.21. The molecule has 4 rings (SSSR count). The minimum Gasteiger partial charge on any atom is -0.488 e. The summed E-state index contributed by atoms with van der Waals surface area (Å²) in [4.78, 5) is 4.42. The van der Waals surface area contributed by atoms with E-state index in [1.807, 2.05) is 23.6 Å². The normalized spacial score (nSPS) is 18.9. The molecule has 2 aromatic rings. The standard InChI is InChI=1S/C15H18N4O3/c1-2-20-13-11(22-8-9-7-21-9)4-3-10-12(13)18-15(16)19-6-5-17-14(10)19/h3-4,9,16-17H,2,5-8H2,1H3/t9-/m1/s1. The molecule has 7 nitrogen and oxygen atoms in total. The first-order valence-electron chi connectivity index (χ1n) is 7.51. The van der Waals surface area contributed by atoms with Crippen LogP contribution >= 0.6 is 0 Å². The van der Waals surface area contributed by atoms with Gasteiger partial charge in [-0.1, -0.05) is 0 Å². The van der Waals surface area contributed by atoms with Gasteiger partial charge in [-0.3, -0.25) is 9.98 Å². The van der Waals surface area contributed by atoms with E-state index in [0.29, 0.717) is 30.2 Å². The maximum atomic E-state index is 8.11. The Kier molecular flexibility index (Phi) is 3.15. The molecule has 1 fully saturated rings. The summed E-state index contributed by atoms with van der Waals surface area (Å²) in [6, 6.07) is 3.87. The Hall–Kier alpha value is -2.28. The number of anilines is 1. The molecule has 0 aliphatic carbocycles. The van der Waals surface area contributed by atoms with Gasteiger partial charge in [-0.15, -0.1) is 0 Å². The molecular formula is C15H18N4O3. The molecule has 116 valence electrons. The summed E-state index contributed by atoms with van der Waals surface area (Å²) in [5.74, 6) is 2.18. The predicted molar refractivity (Wildman–Crippen MR) is 80.5 cm³/mol. The van der Waals surface area contributed by atoms with Crippen molar-refractivity contribution < 1.29 is 14.2 Å². The van der Waals surface area contributed by atoms with Crippen LogP contribution in [0, 0.1) is 5.41 Å². The van der Waals surface area contributed by atoms with Crippen molar-refractivity contribution >= 4 is 16.7 Å². The van der Waals surface area contributed by atoms with Gasteiger partial charge in [0.2, 0.25) is 5.62 Å². The number of nitrogens with zero attached hydrogens (tertiary/aromatic N) is 2. The van der Waals surface area contributed by atoms with Gasteiger partial charge < -0.3 is 19.5 Å². The molecule has 3 heterocycles. The van der Waals surface area contributed by atoms with Crippen molar-refractivity contribution in [1.82, 2.24) is 9.55 Å². The zero-order valence-electron chi connectivity index (χ0n) is 12.4. The van der Waals surface area contributed by atoms with Gasteiger partial charge in [-0.05, 0) is 19.1 Å². The molecule has 2 aliphatic heterocycles. The molecule has 0 saturated carbocycles. The van der Waals surface area contributed by atoms with E-state index in [1.165, 1.54) is 0 Å². The summed E-state index contributed by atoms with van der Waals surface area (Å²) >= 11 is 0. The molecule has 1 aromatic heterocycles. The highest BCUT2D eigenvalue weighted by Gasteiger charge is 2.25. The molecule has 2 aliphatic rings. The van der Waals surface area contributed by atoms with Crippen molar-refractivity contribution in [3.63, 3.8) is 0 Å². The van der Waals surface area contributed by atoms with Crippen LogP contribution in [-0.4, -0.2) is 42.0 Å². The Bertz CT molecular complexity index is 782. The third-order valence-electron chi connectivity index (χ3n) is 3.84. The summed E-state index contributed by atoms with van der Waals surface area (Å²) in [6.07, 6.45) is 0.183. The highest BCUT2D eigenvalue weighted by molar-refractivity contribution is 5.95. The zero-order chi connectivity index (χ0) is 15.1. The van der Waals surface area contributed by atoms with Crippen LogP contribution in [0.3, 0.4) is 0 Å². The van der Waals surface area contributed by atoms with Gasteiger partial charge in [-0.25, -0.2) is 4.98 Å². The highest BCUT2D eigenvalue weighted by Crippen LogP contribution is 2.37. The Labute approximate surface area is 127 Å². The molecular weight excluding hydrogens is 284 g/mol. The third-order valence-corrected chi connectivity index (χ3v) is 3.84. The van der Waals surface area contributed by atoms with Gasteiger partial charge in [0.15, 0.2) is 11.5 Å². The molecule has 1 atom stereocenters. The van der Waals surface area contributed by atoms with E-state index >= 15 is 0 Å². The maximum absolute atomic E-state index is 8.11. The van der Waals surface area contributed by atoms with E-state index < -0.39 is 0 Å². The van der Waals surface area contributed by atoms with Crippen LogP contribution in [0.1, 0.15) is 6.92 Å². The molecule has 1 aromatic carbocycles. The quantitative estimate of drug-likeness (QED) is 0.808. The largest absolute Gasteiger partial charge is 0.488 e. The molecule has 0 amide bonds. The fourth-order valence-corrected chi connectivity index (χ4v) is 2.71. The van der Waals surface area contributed by atoms with E-state index in [9.17, 15) is 0 Å². The van der Waals surface area contributed by atoms with Crippen LogP contribution in [0.2, 0.25) is 0 Å². The predicted octanol–water partition coefficient (Wildman–Crippen LogP) is 1.12. The second kappa shape index (κ2) is 5.17. The van der Waals surface area contributed by atoms with Crippen molar-refractivity contribution in [3.8, 4) is 11.5 Å². The molecule has 2 N–H and O–H groups in total. The second-order valence-corrected chi connectivity index (χ2v) is 5.35. The Morgan fingerprint density at radius 1 is 1.45 bits per heavy atom. The van der Waals surface area contributed by atoms with Gasteiger partial charge in [0.25, 0.3) is 0 Å². The average Bonchev–Trinajstić information content (AvgIpc) is 3.21. The van der Waals surface area contributed by atoms with Crippen LogP contribution in [0.4, 0.5) is 5.82 Å². The lowest BCUT2D eigenvalue weighted by molar-refractivity contribution is 0.246. The first-order chi connectivity index (χ1) is 10.8. The van der Waals surface area contributed by atoms with E-state index in [4.69, 9.17) is 19.6 Å². The topological polar surface area (TPSA) is 84.7 Å². The molecule has 0 spiro atoms. The van der Waals surface area contributed by atoms with E-state index in [2.05, 4.69) is 10.3 Å². The Morgan fingerprint density at radius 2 is 2.32 bits per heavy atom. The van der Waals surface area contributed by atoms with Crippen LogP contribution in [0.15, 0.2) is 12.1 Å². The minimum atomic E-state index is 0.183. The van der Waals surface area contributed by atoms with Crippen LogP contribution in [0.5, 0.6) is 11.5 Å². The Morgan fingerprint density at radius 3 is 3.09 bits per heavy atom. The fraction of sp³-hybridized carbons (Fsp3) is 0.467. The molecule has 22 heavy (non-hydrogen) atoms. The maximum Gasteiger partial charge on any atom is 0.224 e. The van der Waals surface area contributed by atoms with Gasteiger partial charge >= 0.3 is 0 Å². The van der Waals surface area contributed by atoms with Crippen molar-refractivity contribution in [3.05, 3.63) is 17.8 Å². The lowest BCUT2D eigenvalue weighted by atomic mass is 10.2. The van der Waals surface area contributed by atoms with Gasteiger partial charge in [0.05, 0.1) is 13.2 Å². The molecule has 0 radical (unpaired) electrons. The van der Waals surface area contributed by atoms with E-state index in [1.54, 1.807) is 0 Å². The van der Waals surface area contributed by atoms with Crippen molar-refractivity contribution in [2.75, 3.05) is 31.7 Å². The van der Waals surface area contributed by atoms with Crippen LogP contribution in [-0.2, 0) is 11.3 Å². The number of hydrogen-bond donors (Lipinski definition) is 2. The number of aromatic nitrogens is 2. The average molecular weight is 302 g/mol. The SMILES string of the molecule is CCOc1c(OC[C@H]2CO2)ccc2c3n(c(=N)nc12)CCN3. The number of benzene rings is 1. The minimum absolute atomic E-state index is 0.183. The fourth-order valence-electron chi connectivity index (χ4n) is 2.71. The summed E-state index contributed by atoms with van der Waals surface area (Å²) in [5, 5.41) is 12.4. The number of epoxide rings is 1. The molecule has 0 bridgehead atoms. The number of ether oxygens (including phenoxy) is 3. The first kappa shape index (κ1) is 13.4. The van der Waals surface area contributed by atoms with Crippen LogP contribution < -0.4 is 20.4 Å². The monoisotopic (exact) mass is 302 g/mol. The number of rotatable bonds is 5. The smallest absolute Gasteiger partial charge is 0.224 e. The summed E-state index contributed by atoms with van der Waals surface area (Å²) in [7, 11) is 0. The molecule has 0 unspecified atom stereocenters. The number of nitrogens with one attached hydrogen (secondary N) is 2. The number of fused-ring (bicyclic) bond motifs is 3. The van der Waals surface area contributed by atoms with E-state index in [-0.39, 0.29) is 11.7 Å². The van der Waals surface area contributed by atoms with Crippen molar-refractivity contribution in [1.29, 1.82) is 5.41 Å².